The third-order valence-electron chi connectivity index (χ3n) is 2.38. The smallest absolute Gasteiger partial charge is 0.248 e. The van der Waals surface area contributed by atoms with E-state index >= 15 is 0 Å². The molecule has 0 atom stereocenters. The van der Waals surface area contributed by atoms with Crippen LogP contribution in [-0.2, 0) is 16.1 Å². The van der Waals surface area contributed by atoms with Gasteiger partial charge >= 0.3 is 0 Å². The second-order valence-corrected chi connectivity index (χ2v) is 4.76. The Morgan fingerprint density at radius 1 is 1.53 bits per heavy atom. The summed E-state index contributed by atoms with van der Waals surface area (Å²) in [6.45, 7) is 1.92. The van der Waals surface area contributed by atoms with E-state index in [1.807, 2.05) is 12.1 Å². The van der Waals surface area contributed by atoms with E-state index in [0.717, 1.165) is 9.75 Å². The van der Waals surface area contributed by atoms with E-state index in [1.54, 1.807) is 16.2 Å². The number of aliphatic hydroxyl groups is 1. The van der Waals surface area contributed by atoms with Gasteiger partial charge in [0, 0.05) is 11.4 Å². The maximum Gasteiger partial charge on any atom is 0.248 e. The summed E-state index contributed by atoms with van der Waals surface area (Å²) in [5, 5.41) is 8.59. The van der Waals surface area contributed by atoms with Crippen LogP contribution < -0.4 is 0 Å². The number of hydrogen-bond acceptors (Lipinski definition) is 4. The van der Waals surface area contributed by atoms with Crippen LogP contribution in [0.3, 0.4) is 0 Å². The fraction of sp³-hybridized carbons (Fsp3) is 0.417. The van der Waals surface area contributed by atoms with Crippen molar-refractivity contribution in [3.63, 3.8) is 0 Å². The summed E-state index contributed by atoms with van der Waals surface area (Å²) in [6.07, 6.45) is 0. The molecule has 5 heteroatoms. The van der Waals surface area contributed by atoms with Crippen LogP contribution >= 0.6 is 11.3 Å². The molecule has 90 valence electrons. The highest BCUT2D eigenvalue weighted by Gasteiger charge is 2.18. The van der Waals surface area contributed by atoms with Crippen LogP contribution in [0.5, 0.6) is 0 Å². The zero-order valence-corrected chi connectivity index (χ0v) is 10.1. The molecule has 17 heavy (non-hydrogen) atoms. The van der Waals surface area contributed by atoms with Crippen LogP contribution in [0, 0.1) is 11.8 Å². The highest BCUT2D eigenvalue weighted by Crippen LogP contribution is 2.18. The first-order valence-electron chi connectivity index (χ1n) is 5.33. The Balaban J connectivity index is 1.98. The third-order valence-corrected chi connectivity index (χ3v) is 3.37. The summed E-state index contributed by atoms with van der Waals surface area (Å²) in [4.78, 5) is 15.3. The third kappa shape index (κ3) is 3.30. The lowest BCUT2D eigenvalue weighted by atomic mass is 10.3. The largest absolute Gasteiger partial charge is 0.384 e. The van der Waals surface area contributed by atoms with E-state index in [-0.39, 0.29) is 19.1 Å². The van der Waals surface area contributed by atoms with E-state index in [0.29, 0.717) is 19.7 Å². The Kier molecular flexibility index (Phi) is 4.15. The number of rotatable bonds is 2. The maximum absolute atomic E-state index is 11.5. The number of hydrogen-bond donors (Lipinski definition) is 1. The predicted octanol–water partition coefficient (Wildman–Crippen LogP) is 0.451. The summed E-state index contributed by atoms with van der Waals surface area (Å²) in [5.41, 5.74) is 0. The Morgan fingerprint density at radius 3 is 3.18 bits per heavy atom. The molecule has 0 aromatic carbocycles. The van der Waals surface area contributed by atoms with Gasteiger partial charge in [0.15, 0.2) is 0 Å². The molecule has 0 unspecified atom stereocenters. The molecule has 2 rings (SSSR count). The highest BCUT2D eigenvalue weighted by atomic mass is 32.1. The van der Waals surface area contributed by atoms with Gasteiger partial charge in [-0.3, -0.25) is 4.79 Å². The van der Waals surface area contributed by atoms with Crippen molar-refractivity contribution in [3.05, 3.63) is 21.9 Å². The minimum Gasteiger partial charge on any atom is -0.384 e. The number of morpholine rings is 1. The van der Waals surface area contributed by atoms with Gasteiger partial charge in [-0.25, -0.2) is 0 Å². The lowest BCUT2D eigenvalue weighted by molar-refractivity contribution is -0.143. The van der Waals surface area contributed by atoms with Crippen LogP contribution in [0.1, 0.15) is 9.75 Å². The zero-order valence-electron chi connectivity index (χ0n) is 9.31. The van der Waals surface area contributed by atoms with Crippen LogP contribution in [0.2, 0.25) is 0 Å². The van der Waals surface area contributed by atoms with Gasteiger partial charge in [0.1, 0.15) is 13.2 Å². The summed E-state index contributed by atoms with van der Waals surface area (Å²) in [7, 11) is 0. The first-order valence-corrected chi connectivity index (χ1v) is 6.15. The number of nitrogens with zero attached hydrogens (tertiary/aromatic N) is 1. The minimum absolute atomic E-state index is 0.0349. The monoisotopic (exact) mass is 251 g/mol. The second-order valence-electron chi connectivity index (χ2n) is 3.59. The number of amides is 1. The fourth-order valence-electron chi connectivity index (χ4n) is 1.56. The number of ether oxygens (including phenoxy) is 1. The molecular formula is C12H13NO3S. The molecule has 1 aromatic rings. The van der Waals surface area contributed by atoms with Gasteiger partial charge in [0.25, 0.3) is 0 Å². The molecule has 0 bridgehead atoms. The molecule has 1 N–H and O–H groups in total. The first kappa shape index (κ1) is 12.1. The van der Waals surface area contributed by atoms with Crippen molar-refractivity contribution in [2.45, 2.75) is 6.54 Å². The molecule has 0 aliphatic carbocycles. The van der Waals surface area contributed by atoms with E-state index in [9.17, 15) is 4.79 Å². The van der Waals surface area contributed by atoms with Gasteiger partial charge in [0.05, 0.1) is 18.0 Å². The SMILES string of the molecule is O=C1COCCN1Cc1ccc(C#CCO)s1. The maximum atomic E-state index is 11.5. The molecule has 4 nitrogen and oxygen atoms in total. The normalized spacial score (nSPS) is 15.6. The Morgan fingerprint density at radius 2 is 2.41 bits per heavy atom. The molecular weight excluding hydrogens is 238 g/mol. The van der Waals surface area contributed by atoms with Gasteiger partial charge in [-0.15, -0.1) is 11.3 Å². The summed E-state index contributed by atoms with van der Waals surface area (Å²) in [5.74, 6) is 5.49. The van der Waals surface area contributed by atoms with Gasteiger partial charge in [0.2, 0.25) is 5.91 Å². The molecule has 0 spiro atoms. The van der Waals surface area contributed by atoms with Crippen molar-refractivity contribution in [3.8, 4) is 11.8 Å². The number of thiophene rings is 1. The molecule has 1 amide bonds. The quantitative estimate of drug-likeness (QED) is 0.776. The van der Waals surface area contributed by atoms with Crippen LogP contribution in [-0.4, -0.2) is 42.3 Å². The van der Waals surface area contributed by atoms with E-state index < -0.39 is 0 Å². The first-order chi connectivity index (χ1) is 8.29. The van der Waals surface area contributed by atoms with Gasteiger partial charge in [-0.05, 0) is 12.1 Å². The van der Waals surface area contributed by atoms with Crippen molar-refractivity contribution in [2.24, 2.45) is 0 Å². The average Bonchev–Trinajstić information content (AvgIpc) is 2.77. The Hall–Kier alpha value is -1.35. The van der Waals surface area contributed by atoms with Crippen molar-refractivity contribution >= 4 is 17.2 Å². The molecule has 0 radical (unpaired) electrons. The molecule has 1 aliphatic rings. The molecule has 2 heterocycles. The average molecular weight is 251 g/mol. The molecule has 1 fully saturated rings. The van der Waals surface area contributed by atoms with Crippen LogP contribution in [0.4, 0.5) is 0 Å². The van der Waals surface area contributed by atoms with Gasteiger partial charge in [-0.1, -0.05) is 11.8 Å². The van der Waals surface area contributed by atoms with Crippen LogP contribution in [0.25, 0.3) is 0 Å². The molecule has 1 aliphatic heterocycles. The molecule has 0 saturated carbocycles. The molecule has 1 saturated heterocycles. The number of carbonyl (C=O) groups excluding carboxylic acids is 1. The van der Waals surface area contributed by atoms with Crippen molar-refractivity contribution in [1.82, 2.24) is 4.90 Å². The second kappa shape index (κ2) is 5.82. The van der Waals surface area contributed by atoms with Gasteiger partial charge < -0.3 is 14.7 Å². The van der Waals surface area contributed by atoms with Crippen LogP contribution in [0.15, 0.2) is 12.1 Å². The van der Waals surface area contributed by atoms with Crippen molar-refractivity contribution in [2.75, 3.05) is 26.4 Å². The van der Waals surface area contributed by atoms with Crippen molar-refractivity contribution < 1.29 is 14.6 Å². The lowest BCUT2D eigenvalue weighted by Crippen LogP contribution is -2.40. The van der Waals surface area contributed by atoms with Crippen molar-refractivity contribution in [1.29, 1.82) is 0 Å². The Bertz CT molecular complexity index is 458. The highest BCUT2D eigenvalue weighted by molar-refractivity contribution is 7.12. The van der Waals surface area contributed by atoms with E-state index in [1.165, 1.54) is 0 Å². The molecule has 1 aromatic heterocycles. The summed E-state index contributed by atoms with van der Waals surface area (Å²) >= 11 is 1.55. The predicted molar refractivity (Wildman–Crippen MR) is 64.5 cm³/mol. The zero-order chi connectivity index (χ0) is 12.1. The topological polar surface area (TPSA) is 49.8 Å². The number of carbonyl (C=O) groups is 1. The van der Waals surface area contributed by atoms with E-state index in [4.69, 9.17) is 9.84 Å². The number of aliphatic hydroxyl groups excluding tert-OH is 1. The standard InChI is InChI=1S/C12H13NO3S/c14-6-1-2-10-3-4-11(17-10)8-13-5-7-16-9-12(13)15/h3-4,14H,5-9H2. The lowest BCUT2D eigenvalue weighted by Gasteiger charge is -2.26. The van der Waals surface area contributed by atoms with Gasteiger partial charge in [-0.2, -0.15) is 0 Å². The van der Waals surface area contributed by atoms with E-state index in [2.05, 4.69) is 11.8 Å². The minimum atomic E-state index is -0.130. The summed E-state index contributed by atoms with van der Waals surface area (Å²) in [6, 6.07) is 3.88. The fourth-order valence-corrected chi connectivity index (χ4v) is 2.46. The Labute approximate surface area is 104 Å². The summed E-state index contributed by atoms with van der Waals surface area (Å²) < 4.78 is 5.07.